The summed E-state index contributed by atoms with van der Waals surface area (Å²) in [6, 6.07) is 35.5. The van der Waals surface area contributed by atoms with Crippen molar-refractivity contribution in [2.45, 2.75) is 23.6 Å². The van der Waals surface area contributed by atoms with Gasteiger partial charge in [0.15, 0.2) is 0 Å². The minimum atomic E-state index is -1.33. The first-order valence-corrected chi connectivity index (χ1v) is 22.5. The van der Waals surface area contributed by atoms with Crippen LogP contribution in [0.4, 0.5) is 9.52 Å². The highest BCUT2D eigenvalue weighted by Crippen LogP contribution is 2.42. The average Bonchev–Trinajstić information content (AvgIpc) is 4.11. The predicted octanol–water partition coefficient (Wildman–Crippen LogP) is 7.42. The lowest BCUT2D eigenvalue weighted by Crippen LogP contribution is -2.71. The van der Waals surface area contributed by atoms with Crippen molar-refractivity contribution in [3.05, 3.63) is 184 Å². The van der Waals surface area contributed by atoms with E-state index in [-0.39, 0.29) is 18.1 Å². The maximum Gasteiger partial charge on any atom is 0.355 e. The number of aromatic nitrogens is 4. The summed E-state index contributed by atoms with van der Waals surface area (Å²) in [6.45, 7) is -1.39. The van der Waals surface area contributed by atoms with E-state index in [1.165, 1.54) is 28.0 Å². The molecule has 0 saturated carbocycles. The molecule has 7 aromatic rings. The van der Waals surface area contributed by atoms with Crippen LogP contribution in [0.5, 0.6) is 5.75 Å². The van der Waals surface area contributed by atoms with Crippen LogP contribution >= 0.6 is 34.6 Å². The number of β-lactam (4-membered cyclic amide) rings is 1. The van der Waals surface area contributed by atoms with Crippen molar-refractivity contribution in [3.8, 4) is 5.75 Å². The van der Waals surface area contributed by atoms with E-state index in [0.29, 0.717) is 22.2 Å². The van der Waals surface area contributed by atoms with Gasteiger partial charge in [-0.3, -0.25) is 18.9 Å². The number of nitrogens with one attached hydrogen (secondary N) is 2. The third kappa shape index (κ3) is 8.25. The molecular weight excluding hydrogens is 876 g/mol. The van der Waals surface area contributed by atoms with Gasteiger partial charge in [0.1, 0.15) is 46.2 Å². The fourth-order valence-corrected chi connectivity index (χ4v) is 10.3. The second-order valence-electron chi connectivity index (χ2n) is 14.3. The standard InChI is InChI=1S/C46H37FN8O6S3/c1-59-35-21-17-29(18-22-35)24-60-44(58)39-30(19-20-34-26-62-36-23-48-28-54(34)36)25-63-43-38(42(57)55(39)43)49-41(56)37(52-61-27-47)40-50-45(64-53-40)51-46(31-11-5-2-6-12-31,32-13-7-3-8-14-32)33-15-9-4-10-16-33/h2-23,26,28,38,43H,24-25,27H2,1H3,(H,49,56)(H,50,51,53)/b20-19?,52-37-/t38-,43-/m1/s1. The zero-order chi connectivity index (χ0) is 44.0. The van der Waals surface area contributed by atoms with Crippen LogP contribution < -0.4 is 15.4 Å². The molecule has 2 atom stereocenters. The Balaban J connectivity index is 0.978. The number of thioether (sulfide) groups is 1. The highest BCUT2D eigenvalue weighted by Gasteiger charge is 2.54. The fraction of sp³-hybridized carbons (Fsp3) is 0.152. The van der Waals surface area contributed by atoms with Crippen LogP contribution in [0.2, 0.25) is 0 Å². The molecule has 4 aromatic carbocycles. The van der Waals surface area contributed by atoms with Crippen LogP contribution in [-0.2, 0) is 36.1 Å². The molecule has 14 nitrogen and oxygen atoms in total. The molecule has 2 N–H and O–H groups in total. The average molecular weight is 913 g/mol. The molecule has 5 heterocycles. The van der Waals surface area contributed by atoms with Crippen LogP contribution in [0, 0.1) is 0 Å². The third-order valence-electron chi connectivity index (χ3n) is 10.6. The van der Waals surface area contributed by atoms with Crippen molar-refractivity contribution in [2.24, 2.45) is 5.16 Å². The van der Waals surface area contributed by atoms with Gasteiger partial charge in [-0.05, 0) is 46.0 Å². The highest BCUT2D eigenvalue weighted by molar-refractivity contribution is 8.00. The summed E-state index contributed by atoms with van der Waals surface area (Å²) in [4.78, 5) is 58.0. The lowest BCUT2D eigenvalue weighted by atomic mass is 9.77. The third-order valence-corrected chi connectivity index (χ3v) is 13.5. The maximum atomic E-state index is 14.1. The minimum absolute atomic E-state index is 0.0570. The van der Waals surface area contributed by atoms with Gasteiger partial charge in [-0.15, -0.1) is 23.1 Å². The van der Waals surface area contributed by atoms with Crippen LogP contribution in [-0.4, -0.2) is 78.3 Å². The Morgan fingerprint density at radius 3 is 2.25 bits per heavy atom. The molecule has 0 radical (unpaired) electrons. The van der Waals surface area contributed by atoms with Gasteiger partial charge in [0, 0.05) is 22.7 Å². The van der Waals surface area contributed by atoms with Gasteiger partial charge in [0.25, 0.3) is 18.7 Å². The van der Waals surface area contributed by atoms with E-state index >= 15 is 0 Å². The van der Waals surface area contributed by atoms with Gasteiger partial charge >= 0.3 is 5.97 Å². The quantitative estimate of drug-likeness (QED) is 0.0327. The van der Waals surface area contributed by atoms with Gasteiger partial charge in [-0.25, -0.2) is 14.2 Å². The number of imidazole rings is 1. The molecule has 2 amide bonds. The number of halogens is 1. The Bertz CT molecular complexity index is 2790. The summed E-state index contributed by atoms with van der Waals surface area (Å²) >= 11 is 3.85. The molecule has 2 aliphatic heterocycles. The number of carbonyl (C=O) groups is 3. The Morgan fingerprint density at radius 1 is 0.938 bits per heavy atom. The highest BCUT2D eigenvalue weighted by atomic mass is 32.2. The number of hydrogen-bond donors (Lipinski definition) is 2. The Labute approximate surface area is 378 Å². The van der Waals surface area contributed by atoms with Crippen LogP contribution in [0.3, 0.4) is 0 Å². The molecule has 322 valence electrons. The Hall–Kier alpha value is -7.15. The number of oxime groups is 1. The number of benzene rings is 4. The number of nitrogens with zero attached hydrogens (tertiary/aromatic N) is 6. The SMILES string of the molecule is COc1ccc(COC(=O)C2=C(C=Cc3csc4cncn34)CS[C@@H]3[C@H](NC(=O)/C(=N\OCF)c4nsc(NC(c5ccccc5)(c5ccccc5)c5ccccc5)n4)C(=O)N23)cc1. The number of allylic oxidation sites excluding steroid dienone is 1. The molecule has 9 rings (SSSR count). The number of rotatable bonds is 16. The molecule has 0 bridgehead atoms. The number of hydrogen-bond acceptors (Lipinski definition) is 14. The number of ether oxygens (including phenoxy) is 2. The topological polar surface area (TPSA) is 162 Å². The van der Waals surface area contributed by atoms with Gasteiger partial charge in [-0.2, -0.15) is 9.36 Å². The van der Waals surface area contributed by atoms with E-state index in [9.17, 15) is 18.8 Å². The second-order valence-corrected chi connectivity index (χ2v) is 17.1. The van der Waals surface area contributed by atoms with Gasteiger partial charge in [0.2, 0.25) is 16.7 Å². The molecule has 0 spiro atoms. The number of alkyl halides is 1. The predicted molar refractivity (Wildman–Crippen MR) is 243 cm³/mol. The van der Waals surface area contributed by atoms with Crippen molar-refractivity contribution in [3.63, 3.8) is 0 Å². The van der Waals surface area contributed by atoms with Gasteiger partial charge in [-0.1, -0.05) is 114 Å². The maximum absolute atomic E-state index is 14.1. The summed E-state index contributed by atoms with van der Waals surface area (Å²) in [7, 11) is 1.56. The van der Waals surface area contributed by atoms with E-state index in [1.807, 2.05) is 107 Å². The molecule has 0 aliphatic carbocycles. The normalized spacial score (nSPS) is 16.4. The molecule has 18 heteroatoms. The number of esters is 1. The van der Waals surface area contributed by atoms with Crippen LogP contribution in [0.15, 0.2) is 156 Å². The first kappa shape index (κ1) is 42.2. The molecule has 0 unspecified atom stereocenters. The van der Waals surface area contributed by atoms with E-state index < -0.39 is 47.3 Å². The fourth-order valence-electron chi connectivity index (χ4n) is 7.54. The van der Waals surface area contributed by atoms with Gasteiger partial charge in [0.05, 0.1) is 19.0 Å². The monoisotopic (exact) mass is 912 g/mol. The number of methoxy groups -OCH3 is 1. The lowest BCUT2D eigenvalue weighted by molar-refractivity contribution is -0.153. The summed E-state index contributed by atoms with van der Waals surface area (Å²) in [5, 5.41) is 11.7. The number of carbonyl (C=O) groups excluding carboxylic acids is 3. The molecule has 2 aliphatic rings. The van der Waals surface area contributed by atoms with E-state index in [4.69, 9.17) is 14.3 Å². The Kier molecular flexibility index (Phi) is 12.3. The van der Waals surface area contributed by atoms with Crippen LogP contribution in [0.25, 0.3) is 10.9 Å². The lowest BCUT2D eigenvalue weighted by Gasteiger charge is -2.49. The summed E-state index contributed by atoms with van der Waals surface area (Å²) in [6.07, 6.45) is 7.09. The largest absolute Gasteiger partial charge is 0.497 e. The summed E-state index contributed by atoms with van der Waals surface area (Å²) < 4.78 is 30.9. The molecule has 1 fully saturated rings. The molecule has 64 heavy (non-hydrogen) atoms. The summed E-state index contributed by atoms with van der Waals surface area (Å²) in [5.74, 6) is -1.34. The smallest absolute Gasteiger partial charge is 0.355 e. The second kappa shape index (κ2) is 18.7. The first-order chi connectivity index (χ1) is 31.4. The minimum Gasteiger partial charge on any atom is -0.497 e. The molecule has 3 aromatic heterocycles. The van der Waals surface area contributed by atoms with Crippen molar-refractivity contribution >= 4 is 74.2 Å². The zero-order valence-electron chi connectivity index (χ0n) is 33.9. The summed E-state index contributed by atoms with van der Waals surface area (Å²) in [5.41, 5.74) is 3.50. The number of thiazole rings is 1. The van der Waals surface area contributed by atoms with E-state index in [1.54, 1.807) is 50.0 Å². The zero-order valence-corrected chi connectivity index (χ0v) is 36.3. The number of anilines is 1. The molecular formula is C46H37FN8O6S3. The van der Waals surface area contributed by atoms with E-state index in [2.05, 4.69) is 30.1 Å². The van der Waals surface area contributed by atoms with E-state index in [0.717, 1.165) is 44.3 Å². The van der Waals surface area contributed by atoms with Crippen molar-refractivity contribution in [2.75, 3.05) is 25.0 Å². The van der Waals surface area contributed by atoms with Gasteiger partial charge < -0.3 is 24.9 Å². The first-order valence-electron chi connectivity index (χ1n) is 19.8. The van der Waals surface area contributed by atoms with Crippen molar-refractivity contribution in [1.82, 2.24) is 29.0 Å². The van der Waals surface area contributed by atoms with Crippen molar-refractivity contribution < 1.29 is 33.1 Å². The number of amides is 2. The van der Waals surface area contributed by atoms with Crippen LogP contribution in [0.1, 0.15) is 33.8 Å². The van der Waals surface area contributed by atoms with Crippen molar-refractivity contribution in [1.29, 1.82) is 0 Å². The number of fused-ring (bicyclic) bond motifs is 2. The Morgan fingerprint density at radius 2 is 1.61 bits per heavy atom. The molecule has 1 saturated heterocycles.